The Bertz CT molecular complexity index is 1350. The number of ether oxygens (including phenoxy) is 2. The number of carbonyl (C=O) groups excluding carboxylic acids is 1. The number of nitriles is 1. The van der Waals surface area contributed by atoms with Crippen molar-refractivity contribution >= 4 is 32.7 Å². The molecule has 170 valence electrons. The van der Waals surface area contributed by atoms with Gasteiger partial charge < -0.3 is 9.47 Å². The van der Waals surface area contributed by atoms with Gasteiger partial charge in [0.2, 0.25) is 0 Å². The molecule has 34 heavy (non-hydrogen) atoms. The number of hydrogen-bond donors (Lipinski definition) is 0. The van der Waals surface area contributed by atoms with Crippen LogP contribution in [0, 0.1) is 16.7 Å². The molecule has 4 aromatic carbocycles. The average molecular weight is 514 g/mol. The molecule has 0 bridgehead atoms. The van der Waals surface area contributed by atoms with Crippen molar-refractivity contribution in [3.8, 4) is 11.8 Å². The first-order chi connectivity index (χ1) is 16.5. The lowest BCUT2D eigenvalue weighted by Gasteiger charge is -2.35. The van der Waals surface area contributed by atoms with Gasteiger partial charge in [0.05, 0.1) is 20.3 Å². The second-order valence-electron chi connectivity index (χ2n) is 8.12. The van der Waals surface area contributed by atoms with Crippen LogP contribution in [0.2, 0.25) is 0 Å². The van der Waals surface area contributed by atoms with Crippen LogP contribution < -0.4 is 4.74 Å². The minimum atomic E-state index is -1.54. The lowest BCUT2D eigenvalue weighted by molar-refractivity contribution is -0.150. The first-order valence-electron chi connectivity index (χ1n) is 10.9. The van der Waals surface area contributed by atoms with Crippen LogP contribution in [0.5, 0.6) is 5.75 Å². The van der Waals surface area contributed by atoms with Crippen molar-refractivity contribution < 1.29 is 14.3 Å². The maximum Gasteiger partial charge on any atom is 0.327 e. The van der Waals surface area contributed by atoms with Gasteiger partial charge in [-0.15, -0.1) is 0 Å². The van der Waals surface area contributed by atoms with Gasteiger partial charge in [-0.1, -0.05) is 88.7 Å². The molecule has 5 heteroatoms. The first kappa shape index (κ1) is 23.5. The van der Waals surface area contributed by atoms with Crippen LogP contribution in [-0.2, 0) is 16.0 Å². The van der Waals surface area contributed by atoms with E-state index in [1.165, 1.54) is 7.11 Å². The minimum absolute atomic E-state index is 0.176. The van der Waals surface area contributed by atoms with E-state index in [-0.39, 0.29) is 6.42 Å². The number of nitrogens with zero attached hydrogens (tertiary/aromatic N) is 1. The molecule has 0 aliphatic rings. The van der Waals surface area contributed by atoms with Crippen molar-refractivity contribution in [2.24, 2.45) is 5.41 Å². The Morgan fingerprint density at radius 3 is 2.26 bits per heavy atom. The third-order valence-corrected chi connectivity index (χ3v) is 6.75. The third-order valence-electron chi connectivity index (χ3n) is 6.22. The first-order valence-corrected chi connectivity index (χ1v) is 11.7. The number of methoxy groups -OCH3 is 2. The maximum atomic E-state index is 13.6. The second kappa shape index (κ2) is 10.1. The molecule has 4 aromatic rings. The van der Waals surface area contributed by atoms with E-state index < -0.39 is 17.3 Å². The number of hydrogen-bond acceptors (Lipinski definition) is 4. The molecule has 2 atom stereocenters. The van der Waals surface area contributed by atoms with Gasteiger partial charge in [-0.3, -0.25) is 4.79 Å². The molecule has 0 aliphatic carbocycles. The number of fused-ring (bicyclic) bond motifs is 1. The van der Waals surface area contributed by atoms with E-state index in [0.717, 1.165) is 31.9 Å². The molecule has 0 aromatic heterocycles. The summed E-state index contributed by atoms with van der Waals surface area (Å²) in [7, 11) is 2.93. The molecule has 0 amide bonds. The van der Waals surface area contributed by atoms with Gasteiger partial charge in [-0.05, 0) is 40.1 Å². The average Bonchev–Trinajstić information content (AvgIpc) is 2.89. The van der Waals surface area contributed by atoms with Crippen LogP contribution in [0.15, 0.2) is 95.5 Å². The number of carbonyl (C=O) groups is 1. The van der Waals surface area contributed by atoms with E-state index in [1.54, 1.807) is 7.11 Å². The smallest absolute Gasteiger partial charge is 0.327 e. The largest absolute Gasteiger partial charge is 0.496 e. The summed E-state index contributed by atoms with van der Waals surface area (Å²) >= 11 is 3.46. The summed E-state index contributed by atoms with van der Waals surface area (Å²) < 4.78 is 11.9. The van der Waals surface area contributed by atoms with Crippen molar-refractivity contribution in [2.75, 3.05) is 14.2 Å². The molecule has 0 fully saturated rings. The van der Waals surface area contributed by atoms with Crippen LogP contribution in [0.1, 0.15) is 22.6 Å². The molecule has 0 unspecified atom stereocenters. The van der Waals surface area contributed by atoms with Crippen molar-refractivity contribution in [1.82, 2.24) is 0 Å². The zero-order valence-corrected chi connectivity index (χ0v) is 20.6. The fourth-order valence-corrected chi connectivity index (χ4v) is 4.92. The monoisotopic (exact) mass is 513 g/mol. The maximum absolute atomic E-state index is 13.6. The number of rotatable bonds is 7. The Labute approximate surface area is 207 Å². The quantitative estimate of drug-likeness (QED) is 0.259. The van der Waals surface area contributed by atoms with E-state index >= 15 is 0 Å². The highest BCUT2D eigenvalue weighted by molar-refractivity contribution is 9.10. The summed E-state index contributed by atoms with van der Waals surface area (Å²) in [6.45, 7) is 0. The van der Waals surface area contributed by atoms with Gasteiger partial charge in [-0.2, -0.15) is 5.26 Å². The topological polar surface area (TPSA) is 59.3 Å². The lowest BCUT2D eigenvalue weighted by atomic mass is 9.65. The van der Waals surface area contributed by atoms with Crippen LogP contribution >= 0.6 is 15.9 Å². The zero-order valence-electron chi connectivity index (χ0n) is 19.0. The third kappa shape index (κ3) is 4.30. The molecular weight excluding hydrogens is 490 g/mol. The summed E-state index contributed by atoms with van der Waals surface area (Å²) in [5.74, 6) is -0.614. The SMILES string of the molecule is COC(=O)[C@@](C#N)(Cc1ccc(Br)cc1)[C@H](c1ccccc1OC)c1cccc2ccccc12. The fraction of sp³-hybridized carbons (Fsp3) is 0.172. The van der Waals surface area contributed by atoms with Crippen LogP contribution in [0.3, 0.4) is 0 Å². The van der Waals surface area contributed by atoms with Crippen LogP contribution in [0.25, 0.3) is 10.8 Å². The summed E-state index contributed by atoms with van der Waals surface area (Å²) in [5, 5.41) is 12.7. The molecular formula is C29H24BrNO3. The van der Waals surface area contributed by atoms with Gasteiger partial charge in [0.1, 0.15) is 5.75 Å². The van der Waals surface area contributed by atoms with Gasteiger partial charge >= 0.3 is 5.97 Å². The molecule has 0 heterocycles. The molecule has 0 saturated heterocycles. The molecule has 0 aliphatic heterocycles. The van der Waals surface area contributed by atoms with Crippen molar-refractivity contribution in [2.45, 2.75) is 12.3 Å². The Hall–Kier alpha value is -3.62. The Balaban J connectivity index is 2.06. The molecule has 0 N–H and O–H groups in total. The van der Waals surface area contributed by atoms with E-state index in [1.807, 2.05) is 91.0 Å². The lowest BCUT2D eigenvalue weighted by Crippen LogP contribution is -2.40. The normalized spacial score (nSPS) is 13.5. The van der Waals surface area contributed by atoms with Crippen molar-refractivity contribution in [3.05, 3.63) is 112 Å². The van der Waals surface area contributed by atoms with Gasteiger partial charge in [0, 0.05) is 22.4 Å². The Kier molecular flexibility index (Phi) is 7.00. The number of para-hydroxylation sites is 1. The molecule has 4 nitrogen and oxygen atoms in total. The van der Waals surface area contributed by atoms with Gasteiger partial charge in [0.15, 0.2) is 5.41 Å². The summed E-state index contributed by atoms with van der Waals surface area (Å²) in [6.07, 6.45) is 0.176. The summed E-state index contributed by atoms with van der Waals surface area (Å²) in [6, 6.07) is 31.6. The zero-order chi connectivity index (χ0) is 24.1. The molecule has 0 saturated carbocycles. The summed E-state index contributed by atoms with van der Waals surface area (Å²) in [5.41, 5.74) is 0.939. The summed E-state index contributed by atoms with van der Waals surface area (Å²) in [4.78, 5) is 13.6. The molecule has 4 rings (SSSR count). The Morgan fingerprint density at radius 2 is 1.56 bits per heavy atom. The predicted molar refractivity (Wildman–Crippen MR) is 137 cm³/mol. The highest BCUT2D eigenvalue weighted by Crippen LogP contribution is 2.49. The predicted octanol–water partition coefficient (Wildman–Crippen LogP) is 6.67. The standard InChI is InChI=1S/C29H24BrNO3/c1-33-26-13-6-5-11-25(26)27(24-12-7-9-21-8-3-4-10-23(21)24)29(19-31,28(32)34-2)18-20-14-16-22(30)17-15-20/h3-17,27H,18H2,1-2H3/t27-,29+/m0/s1. The van der Waals surface area contributed by atoms with Crippen LogP contribution in [0.4, 0.5) is 0 Å². The van der Waals surface area contributed by atoms with E-state index in [9.17, 15) is 10.1 Å². The van der Waals surface area contributed by atoms with E-state index in [2.05, 4.69) is 22.0 Å². The van der Waals surface area contributed by atoms with Gasteiger partial charge in [0.25, 0.3) is 0 Å². The number of benzene rings is 4. The second-order valence-corrected chi connectivity index (χ2v) is 9.04. The van der Waals surface area contributed by atoms with Crippen molar-refractivity contribution in [1.29, 1.82) is 5.26 Å². The molecule has 0 spiro atoms. The number of esters is 1. The van der Waals surface area contributed by atoms with Crippen LogP contribution in [-0.4, -0.2) is 20.2 Å². The molecule has 0 radical (unpaired) electrons. The Morgan fingerprint density at radius 1 is 0.912 bits per heavy atom. The highest BCUT2D eigenvalue weighted by Gasteiger charge is 2.50. The fourth-order valence-electron chi connectivity index (χ4n) is 4.65. The van der Waals surface area contributed by atoms with E-state index in [0.29, 0.717) is 5.75 Å². The van der Waals surface area contributed by atoms with E-state index in [4.69, 9.17) is 9.47 Å². The van der Waals surface area contributed by atoms with Crippen molar-refractivity contribution in [3.63, 3.8) is 0 Å². The highest BCUT2D eigenvalue weighted by atomic mass is 79.9. The van der Waals surface area contributed by atoms with Gasteiger partial charge in [-0.25, -0.2) is 0 Å². The number of halogens is 1. The minimum Gasteiger partial charge on any atom is -0.496 e.